The second kappa shape index (κ2) is 7.44. The summed E-state index contributed by atoms with van der Waals surface area (Å²) < 4.78 is 0. The van der Waals surface area contributed by atoms with Crippen LogP contribution in [0.1, 0.15) is 5.56 Å². The molecule has 2 heteroatoms. The summed E-state index contributed by atoms with van der Waals surface area (Å²) in [7, 11) is 0.325. The van der Waals surface area contributed by atoms with Gasteiger partial charge in [-0.15, -0.1) is 0 Å². The van der Waals surface area contributed by atoms with Gasteiger partial charge in [-0.2, -0.15) is 0 Å². The quantitative estimate of drug-likeness (QED) is 0.265. The monoisotopic (exact) mass is 391 g/mol. The van der Waals surface area contributed by atoms with Crippen molar-refractivity contribution in [3.8, 4) is 22.3 Å². The molecule has 2 N–H and O–H groups in total. The van der Waals surface area contributed by atoms with E-state index in [-0.39, 0.29) is 0 Å². The first-order valence-corrected chi connectivity index (χ1v) is 10.9. The zero-order valence-electron chi connectivity index (χ0n) is 16.3. The molecule has 0 aromatic heterocycles. The van der Waals surface area contributed by atoms with Crippen LogP contribution in [0, 0.1) is 6.92 Å². The molecule has 1 unspecified atom stereocenters. The molecule has 140 valence electrons. The first-order valence-electron chi connectivity index (χ1n) is 9.84. The standard InChI is InChI=1S/C27H22NP/c1-18-10-12-19(13-11-18)26-22-6-2-4-8-24(22)27(25-9-5-3-7-23(25)26)20-14-16-21(29-28)17-15-20/h2-17,29H,28H2,1H3. The van der Waals surface area contributed by atoms with Gasteiger partial charge in [-0.1, -0.05) is 103 Å². The van der Waals surface area contributed by atoms with Crippen LogP contribution in [0.5, 0.6) is 0 Å². The van der Waals surface area contributed by atoms with Gasteiger partial charge in [0.1, 0.15) is 0 Å². The fourth-order valence-corrected chi connectivity index (χ4v) is 4.56. The molecule has 0 heterocycles. The van der Waals surface area contributed by atoms with Gasteiger partial charge in [-0.3, -0.25) is 0 Å². The van der Waals surface area contributed by atoms with Crippen LogP contribution < -0.4 is 10.8 Å². The van der Waals surface area contributed by atoms with Crippen molar-refractivity contribution < 1.29 is 0 Å². The van der Waals surface area contributed by atoms with Crippen molar-refractivity contribution >= 4 is 35.6 Å². The van der Waals surface area contributed by atoms with Gasteiger partial charge in [0.15, 0.2) is 0 Å². The van der Waals surface area contributed by atoms with Gasteiger partial charge in [0.05, 0.1) is 0 Å². The Morgan fingerprint density at radius 1 is 0.517 bits per heavy atom. The third-order valence-corrected chi connectivity index (χ3v) is 6.28. The highest BCUT2D eigenvalue weighted by molar-refractivity contribution is 7.44. The maximum Gasteiger partial charge on any atom is -0.00264 e. The van der Waals surface area contributed by atoms with Crippen LogP contribution in [-0.2, 0) is 0 Å². The Balaban J connectivity index is 1.92. The van der Waals surface area contributed by atoms with Crippen molar-refractivity contribution in [1.29, 1.82) is 0 Å². The van der Waals surface area contributed by atoms with E-state index in [9.17, 15) is 0 Å². The molecule has 29 heavy (non-hydrogen) atoms. The number of nitrogens with two attached hydrogens (primary N) is 1. The largest absolute Gasteiger partial charge is 0.308 e. The molecule has 5 aromatic carbocycles. The lowest BCUT2D eigenvalue weighted by Gasteiger charge is -2.18. The lowest BCUT2D eigenvalue weighted by Crippen LogP contribution is -1.97. The molecule has 0 aliphatic rings. The zero-order valence-corrected chi connectivity index (χ0v) is 17.3. The molecule has 0 aliphatic carbocycles. The molecule has 0 amide bonds. The van der Waals surface area contributed by atoms with Crippen molar-refractivity contribution in [1.82, 2.24) is 0 Å². The molecule has 0 aliphatic heterocycles. The SMILES string of the molecule is Cc1ccc(-c2c3ccccc3c(-c3ccc(PN)cc3)c3ccccc23)cc1. The third-order valence-electron chi connectivity index (χ3n) is 5.61. The maximum atomic E-state index is 5.84. The Morgan fingerprint density at radius 3 is 1.28 bits per heavy atom. The second-order valence-corrected chi connectivity index (χ2v) is 8.29. The zero-order chi connectivity index (χ0) is 19.8. The Bertz CT molecular complexity index is 1260. The van der Waals surface area contributed by atoms with Gasteiger partial charge in [0.2, 0.25) is 0 Å². The first kappa shape index (κ1) is 18.1. The molecule has 1 nitrogen and oxygen atoms in total. The number of fused-ring (bicyclic) bond motifs is 2. The van der Waals surface area contributed by atoms with E-state index in [0.29, 0.717) is 8.73 Å². The van der Waals surface area contributed by atoms with Gasteiger partial charge in [-0.25, -0.2) is 0 Å². The Hall–Kier alpha value is -2.99. The minimum absolute atomic E-state index is 0.325. The molecule has 0 saturated heterocycles. The van der Waals surface area contributed by atoms with Crippen molar-refractivity contribution in [2.75, 3.05) is 0 Å². The molecule has 5 aromatic rings. The first-order chi connectivity index (χ1) is 14.3. The fraction of sp³-hybridized carbons (Fsp3) is 0.0370. The summed E-state index contributed by atoms with van der Waals surface area (Å²) in [4.78, 5) is 0. The highest BCUT2D eigenvalue weighted by Crippen LogP contribution is 2.43. The van der Waals surface area contributed by atoms with E-state index in [2.05, 4.69) is 104 Å². The third kappa shape index (κ3) is 3.13. The number of rotatable bonds is 3. The van der Waals surface area contributed by atoms with E-state index in [0.717, 1.165) is 0 Å². The van der Waals surface area contributed by atoms with Crippen LogP contribution in [0.25, 0.3) is 43.8 Å². The summed E-state index contributed by atoms with van der Waals surface area (Å²) in [6.45, 7) is 2.13. The second-order valence-electron chi connectivity index (χ2n) is 7.43. The smallest absolute Gasteiger partial charge is 0.00264 e. The molecular weight excluding hydrogens is 369 g/mol. The Kier molecular flexibility index (Phi) is 4.64. The molecular formula is C27H22NP. The fourth-order valence-electron chi connectivity index (χ4n) is 4.20. The topological polar surface area (TPSA) is 26.0 Å². The van der Waals surface area contributed by atoms with E-state index < -0.39 is 0 Å². The lowest BCUT2D eigenvalue weighted by molar-refractivity contribution is 1.47. The molecule has 0 bridgehead atoms. The highest BCUT2D eigenvalue weighted by atomic mass is 31.1. The molecule has 1 atom stereocenters. The number of benzene rings is 5. The summed E-state index contributed by atoms with van der Waals surface area (Å²) in [5.74, 6) is 0. The van der Waals surface area contributed by atoms with Crippen LogP contribution in [0.4, 0.5) is 0 Å². The van der Waals surface area contributed by atoms with Gasteiger partial charge < -0.3 is 5.50 Å². The lowest BCUT2D eigenvalue weighted by atomic mass is 9.86. The van der Waals surface area contributed by atoms with Crippen LogP contribution in [0.2, 0.25) is 0 Å². The summed E-state index contributed by atoms with van der Waals surface area (Å²) >= 11 is 0. The van der Waals surface area contributed by atoms with E-state index in [1.165, 1.54) is 54.7 Å². The number of hydrogen-bond donors (Lipinski definition) is 1. The predicted molar refractivity (Wildman–Crippen MR) is 129 cm³/mol. The average molecular weight is 391 g/mol. The molecule has 5 rings (SSSR count). The maximum absolute atomic E-state index is 5.84. The minimum atomic E-state index is 0.325. The Labute approximate surface area is 173 Å². The Morgan fingerprint density at radius 2 is 0.897 bits per heavy atom. The van der Waals surface area contributed by atoms with Gasteiger partial charge in [0.25, 0.3) is 0 Å². The summed E-state index contributed by atoms with van der Waals surface area (Å²) in [5.41, 5.74) is 12.2. The summed E-state index contributed by atoms with van der Waals surface area (Å²) in [5, 5.41) is 6.32. The van der Waals surface area contributed by atoms with Gasteiger partial charge >= 0.3 is 0 Å². The van der Waals surface area contributed by atoms with Crippen LogP contribution in [0.3, 0.4) is 0 Å². The molecule has 0 spiro atoms. The van der Waals surface area contributed by atoms with Crippen molar-refractivity contribution in [2.24, 2.45) is 5.50 Å². The molecule has 0 saturated carbocycles. The number of aryl methyl sites for hydroxylation is 1. The van der Waals surface area contributed by atoms with E-state index in [1.54, 1.807) is 0 Å². The predicted octanol–water partition coefficient (Wildman–Crippen LogP) is 6.81. The molecule has 0 radical (unpaired) electrons. The minimum Gasteiger partial charge on any atom is -0.308 e. The summed E-state index contributed by atoms with van der Waals surface area (Å²) in [6, 6.07) is 35.1. The normalized spacial score (nSPS) is 11.7. The van der Waals surface area contributed by atoms with E-state index in [1.807, 2.05) is 0 Å². The molecule has 0 fully saturated rings. The summed E-state index contributed by atoms with van der Waals surface area (Å²) in [6.07, 6.45) is 0. The van der Waals surface area contributed by atoms with Gasteiger partial charge in [0, 0.05) is 0 Å². The highest BCUT2D eigenvalue weighted by Gasteiger charge is 2.16. The van der Waals surface area contributed by atoms with Gasteiger partial charge in [-0.05, 0) is 64.8 Å². The van der Waals surface area contributed by atoms with Crippen LogP contribution >= 0.6 is 8.73 Å². The van der Waals surface area contributed by atoms with Crippen molar-refractivity contribution in [2.45, 2.75) is 6.92 Å². The number of hydrogen-bond acceptors (Lipinski definition) is 1. The van der Waals surface area contributed by atoms with Crippen LogP contribution in [-0.4, -0.2) is 0 Å². The van der Waals surface area contributed by atoms with Crippen molar-refractivity contribution in [3.05, 3.63) is 103 Å². The van der Waals surface area contributed by atoms with Crippen molar-refractivity contribution in [3.63, 3.8) is 0 Å². The average Bonchev–Trinajstić information content (AvgIpc) is 2.78. The van der Waals surface area contributed by atoms with E-state index in [4.69, 9.17) is 5.50 Å². The van der Waals surface area contributed by atoms with Crippen LogP contribution in [0.15, 0.2) is 97.1 Å². The van der Waals surface area contributed by atoms with E-state index >= 15 is 0 Å².